The maximum absolute atomic E-state index is 13.6. The smallest absolute Gasteiger partial charge is 0.311 e. The summed E-state index contributed by atoms with van der Waals surface area (Å²) in [5, 5.41) is 0. The van der Waals surface area contributed by atoms with Crippen LogP contribution in [-0.4, -0.2) is 43.3 Å². The van der Waals surface area contributed by atoms with E-state index in [9.17, 15) is 36.3 Å². The van der Waals surface area contributed by atoms with E-state index in [2.05, 4.69) is 4.74 Å². The van der Waals surface area contributed by atoms with E-state index in [1.807, 2.05) is 13.8 Å². The zero-order chi connectivity index (χ0) is 27.9. The number of carbonyl (C=O) groups is 3. The molecule has 5 unspecified atom stereocenters. The molecular formula is C25H31F5O7. The van der Waals surface area contributed by atoms with Gasteiger partial charge in [0.15, 0.2) is 0 Å². The van der Waals surface area contributed by atoms with Gasteiger partial charge in [-0.3, -0.25) is 14.4 Å². The molecule has 0 saturated heterocycles. The second-order valence-electron chi connectivity index (χ2n) is 9.18. The quantitative estimate of drug-likeness (QED) is 0.0977. The Balaban J connectivity index is 1.81. The molecular weight excluding hydrogens is 507 g/mol. The molecule has 1 aromatic carbocycles. The van der Waals surface area contributed by atoms with Gasteiger partial charge in [-0.15, -0.1) is 0 Å². The molecule has 1 aromatic rings. The van der Waals surface area contributed by atoms with Crippen molar-refractivity contribution in [1.29, 1.82) is 0 Å². The van der Waals surface area contributed by atoms with Crippen molar-refractivity contribution in [2.45, 2.75) is 72.0 Å². The third-order valence-corrected chi connectivity index (χ3v) is 6.48. The fraction of sp³-hybridized carbons (Fsp3) is 0.640. The Labute approximate surface area is 211 Å². The number of rotatable bonds is 11. The van der Waals surface area contributed by atoms with Crippen molar-refractivity contribution < 1.29 is 55.3 Å². The highest BCUT2D eigenvalue weighted by Gasteiger charge is 2.43. The molecule has 0 bridgehead atoms. The van der Waals surface area contributed by atoms with Gasteiger partial charge in [-0.2, -0.15) is 8.78 Å². The molecule has 7 nitrogen and oxygen atoms in total. The molecule has 0 amide bonds. The lowest BCUT2D eigenvalue weighted by Crippen LogP contribution is -2.48. The minimum Gasteiger partial charge on any atom is -0.465 e. The fourth-order valence-electron chi connectivity index (χ4n) is 4.34. The number of esters is 3. The third kappa shape index (κ3) is 8.11. The van der Waals surface area contributed by atoms with Crippen molar-refractivity contribution >= 4 is 17.9 Å². The summed E-state index contributed by atoms with van der Waals surface area (Å²) in [4.78, 5) is 34.7. The second kappa shape index (κ2) is 13.7. The largest absolute Gasteiger partial charge is 0.465 e. The van der Waals surface area contributed by atoms with E-state index in [-0.39, 0.29) is 43.3 Å². The average molecular weight is 539 g/mol. The molecule has 0 heterocycles. The molecule has 37 heavy (non-hydrogen) atoms. The molecule has 0 spiro atoms. The number of unbranched alkanes of at least 4 members (excludes halogenated alkanes) is 2. The average Bonchev–Trinajstić information content (AvgIpc) is 2.84. The predicted molar refractivity (Wildman–Crippen MR) is 119 cm³/mol. The lowest BCUT2D eigenvalue weighted by molar-refractivity contribution is -0.170. The van der Waals surface area contributed by atoms with E-state index in [0.29, 0.717) is 25.9 Å². The van der Waals surface area contributed by atoms with Gasteiger partial charge in [0.25, 0.3) is 0 Å². The van der Waals surface area contributed by atoms with Crippen LogP contribution in [-0.2, 0) is 28.6 Å². The SMILES string of the molecule is CC(=O)OCC1CC(OCCCCCC(=O)Oc2c(F)c(F)c(F)c(F)c2F)C(C)C(C)C1OC(C)=O. The summed E-state index contributed by atoms with van der Waals surface area (Å²) in [6, 6.07) is 0. The van der Waals surface area contributed by atoms with Crippen LogP contribution >= 0.6 is 0 Å². The zero-order valence-electron chi connectivity index (χ0n) is 21.1. The van der Waals surface area contributed by atoms with E-state index in [4.69, 9.17) is 14.2 Å². The molecule has 1 aliphatic rings. The fourth-order valence-corrected chi connectivity index (χ4v) is 4.34. The van der Waals surface area contributed by atoms with Gasteiger partial charge in [-0.05, 0) is 31.1 Å². The Hall–Kier alpha value is -2.76. The Kier molecular flexibility index (Phi) is 11.3. The lowest BCUT2D eigenvalue weighted by atomic mass is 9.72. The minimum atomic E-state index is -2.34. The highest BCUT2D eigenvalue weighted by molar-refractivity contribution is 5.72. The molecule has 1 fully saturated rings. The zero-order valence-corrected chi connectivity index (χ0v) is 21.1. The van der Waals surface area contributed by atoms with Crippen LogP contribution in [0.25, 0.3) is 0 Å². The van der Waals surface area contributed by atoms with Crippen molar-refractivity contribution in [2.75, 3.05) is 13.2 Å². The van der Waals surface area contributed by atoms with E-state index in [1.165, 1.54) is 13.8 Å². The van der Waals surface area contributed by atoms with Crippen LogP contribution in [0.1, 0.15) is 59.8 Å². The Morgan fingerprint density at radius 3 is 1.97 bits per heavy atom. The van der Waals surface area contributed by atoms with E-state index in [1.54, 1.807) is 0 Å². The summed E-state index contributed by atoms with van der Waals surface area (Å²) in [5.41, 5.74) is 0. The summed E-state index contributed by atoms with van der Waals surface area (Å²) >= 11 is 0. The van der Waals surface area contributed by atoms with E-state index >= 15 is 0 Å². The molecule has 5 atom stereocenters. The van der Waals surface area contributed by atoms with Crippen molar-refractivity contribution in [3.05, 3.63) is 29.1 Å². The van der Waals surface area contributed by atoms with Gasteiger partial charge in [-0.25, -0.2) is 13.2 Å². The van der Waals surface area contributed by atoms with Crippen LogP contribution in [0, 0.1) is 46.8 Å². The van der Waals surface area contributed by atoms with Crippen LogP contribution < -0.4 is 4.74 Å². The molecule has 0 N–H and O–H groups in total. The van der Waals surface area contributed by atoms with Gasteiger partial charge in [-0.1, -0.05) is 20.3 Å². The highest BCUT2D eigenvalue weighted by atomic mass is 19.2. The number of ether oxygens (including phenoxy) is 4. The first kappa shape index (κ1) is 30.5. The van der Waals surface area contributed by atoms with E-state index in [0.717, 1.165) is 0 Å². The van der Waals surface area contributed by atoms with Crippen LogP contribution in [0.4, 0.5) is 22.0 Å². The number of hydrogen-bond acceptors (Lipinski definition) is 7. The standard InChI is InChI=1S/C25H31F5O7/c1-12-13(2)24(36-15(4)32)16(11-35-14(3)31)10-17(12)34-9-7-5-6-8-18(33)37-25-22(29)20(27)19(26)21(28)23(25)30/h12-13,16-17,24H,5-11H2,1-4H3. The minimum absolute atomic E-state index is 0.0363. The molecule has 1 aliphatic carbocycles. The number of halogens is 5. The summed E-state index contributed by atoms with van der Waals surface area (Å²) in [5.74, 6) is -15.0. The summed E-state index contributed by atoms with van der Waals surface area (Å²) in [6.07, 6.45) is 0.816. The molecule has 208 valence electrons. The first-order chi connectivity index (χ1) is 17.3. The summed E-state index contributed by atoms with van der Waals surface area (Å²) in [7, 11) is 0. The number of carbonyl (C=O) groups excluding carboxylic acids is 3. The van der Waals surface area contributed by atoms with Gasteiger partial charge in [0.1, 0.15) is 6.10 Å². The molecule has 12 heteroatoms. The molecule has 0 radical (unpaired) electrons. The molecule has 2 rings (SSSR count). The maximum atomic E-state index is 13.6. The van der Waals surface area contributed by atoms with Gasteiger partial charge in [0.05, 0.1) is 12.7 Å². The van der Waals surface area contributed by atoms with E-state index < -0.39 is 58.8 Å². The van der Waals surface area contributed by atoms with Crippen LogP contribution in [0.5, 0.6) is 5.75 Å². The number of hydrogen-bond donors (Lipinski definition) is 0. The second-order valence-corrected chi connectivity index (χ2v) is 9.18. The predicted octanol–water partition coefficient (Wildman–Crippen LogP) is 5.02. The van der Waals surface area contributed by atoms with Gasteiger partial charge >= 0.3 is 17.9 Å². The normalized spacial score (nSPS) is 23.4. The molecule has 1 saturated carbocycles. The Morgan fingerprint density at radius 2 is 1.41 bits per heavy atom. The third-order valence-electron chi connectivity index (χ3n) is 6.48. The van der Waals surface area contributed by atoms with Crippen LogP contribution in [0.15, 0.2) is 0 Å². The topological polar surface area (TPSA) is 88.1 Å². The maximum Gasteiger partial charge on any atom is 0.311 e. The Morgan fingerprint density at radius 1 is 0.811 bits per heavy atom. The monoisotopic (exact) mass is 538 g/mol. The molecule has 0 aromatic heterocycles. The lowest BCUT2D eigenvalue weighted by Gasteiger charge is -2.43. The van der Waals surface area contributed by atoms with Crippen LogP contribution in [0.3, 0.4) is 0 Å². The Bertz CT molecular complexity index is 958. The number of benzene rings is 1. The summed E-state index contributed by atoms with van der Waals surface area (Å²) < 4.78 is 87.8. The van der Waals surface area contributed by atoms with Crippen molar-refractivity contribution in [3.8, 4) is 5.75 Å². The molecule has 0 aliphatic heterocycles. The van der Waals surface area contributed by atoms with Crippen molar-refractivity contribution in [3.63, 3.8) is 0 Å². The van der Waals surface area contributed by atoms with Gasteiger partial charge in [0.2, 0.25) is 34.8 Å². The van der Waals surface area contributed by atoms with Gasteiger partial charge < -0.3 is 18.9 Å². The highest BCUT2D eigenvalue weighted by Crippen LogP contribution is 2.38. The van der Waals surface area contributed by atoms with Crippen molar-refractivity contribution in [2.24, 2.45) is 17.8 Å². The summed E-state index contributed by atoms with van der Waals surface area (Å²) in [6.45, 7) is 6.95. The first-order valence-electron chi connectivity index (χ1n) is 12.0. The van der Waals surface area contributed by atoms with Crippen molar-refractivity contribution in [1.82, 2.24) is 0 Å². The first-order valence-corrected chi connectivity index (χ1v) is 12.0. The van der Waals surface area contributed by atoms with Gasteiger partial charge in [0, 0.05) is 32.8 Å². The van der Waals surface area contributed by atoms with Crippen LogP contribution in [0.2, 0.25) is 0 Å².